The third kappa shape index (κ3) is 3.76. The van der Waals surface area contributed by atoms with Gasteiger partial charge in [-0.1, -0.05) is 60.2 Å². The Balaban J connectivity index is 1.83. The molecule has 0 radical (unpaired) electrons. The number of aromatic nitrogens is 1. The second-order valence-electron chi connectivity index (χ2n) is 5.62. The first-order valence-corrected chi connectivity index (χ1v) is 7.70. The van der Waals surface area contributed by atoms with Gasteiger partial charge in [-0.3, -0.25) is 4.98 Å². The second kappa shape index (κ2) is 7.07. The number of nitrogens with one attached hydrogen (secondary N) is 1. The van der Waals surface area contributed by atoms with E-state index in [4.69, 9.17) is 0 Å². The highest BCUT2D eigenvalue weighted by atomic mass is 16.3. The van der Waals surface area contributed by atoms with Crippen LogP contribution in [0, 0.1) is 6.92 Å². The van der Waals surface area contributed by atoms with Crippen molar-refractivity contribution in [3.63, 3.8) is 0 Å². The molecule has 2 aromatic carbocycles. The van der Waals surface area contributed by atoms with Gasteiger partial charge in [0.05, 0.1) is 18.3 Å². The van der Waals surface area contributed by atoms with Gasteiger partial charge in [-0.15, -0.1) is 0 Å². The van der Waals surface area contributed by atoms with Crippen LogP contribution in [0.3, 0.4) is 0 Å². The molecule has 0 saturated heterocycles. The summed E-state index contributed by atoms with van der Waals surface area (Å²) in [6.07, 6.45) is 3.63. The molecule has 3 nitrogen and oxygen atoms in total. The van der Waals surface area contributed by atoms with Crippen LogP contribution in [0.2, 0.25) is 0 Å². The molecular formula is C20H20N2O. The summed E-state index contributed by atoms with van der Waals surface area (Å²) in [6.45, 7) is 2.10. The maximum absolute atomic E-state index is 9.67. The lowest BCUT2D eigenvalue weighted by atomic mass is 10.0. The van der Waals surface area contributed by atoms with E-state index in [-0.39, 0.29) is 12.6 Å². The van der Waals surface area contributed by atoms with Crippen molar-refractivity contribution >= 4 is 5.69 Å². The van der Waals surface area contributed by atoms with E-state index in [9.17, 15) is 5.11 Å². The van der Waals surface area contributed by atoms with Crippen LogP contribution in [0.15, 0.2) is 73.1 Å². The number of aliphatic hydroxyl groups is 1. The van der Waals surface area contributed by atoms with E-state index in [2.05, 4.69) is 47.6 Å². The van der Waals surface area contributed by atoms with Crippen molar-refractivity contribution in [2.24, 2.45) is 0 Å². The molecule has 0 bridgehead atoms. The Morgan fingerprint density at radius 2 is 1.70 bits per heavy atom. The number of aliphatic hydroxyl groups excluding tert-OH is 1. The minimum atomic E-state index is -0.147. The fraction of sp³-hybridized carbons (Fsp3) is 0.150. The molecule has 0 spiro atoms. The van der Waals surface area contributed by atoms with Crippen LogP contribution in [0.5, 0.6) is 0 Å². The molecule has 0 saturated carbocycles. The Morgan fingerprint density at radius 3 is 2.39 bits per heavy atom. The summed E-state index contributed by atoms with van der Waals surface area (Å²) < 4.78 is 0. The number of nitrogens with zero attached hydrogens (tertiary/aromatic N) is 1. The first kappa shape index (κ1) is 15.3. The van der Waals surface area contributed by atoms with E-state index >= 15 is 0 Å². The van der Waals surface area contributed by atoms with Gasteiger partial charge in [-0.2, -0.15) is 0 Å². The van der Waals surface area contributed by atoms with E-state index in [1.807, 2.05) is 36.5 Å². The lowest BCUT2D eigenvalue weighted by Crippen LogP contribution is -2.14. The van der Waals surface area contributed by atoms with Gasteiger partial charge < -0.3 is 10.4 Å². The van der Waals surface area contributed by atoms with Crippen LogP contribution in [-0.4, -0.2) is 16.7 Å². The average molecular weight is 304 g/mol. The topological polar surface area (TPSA) is 45.2 Å². The number of pyridine rings is 1. The monoisotopic (exact) mass is 304 g/mol. The van der Waals surface area contributed by atoms with Crippen molar-refractivity contribution in [1.82, 2.24) is 4.98 Å². The third-order valence-corrected chi connectivity index (χ3v) is 3.85. The van der Waals surface area contributed by atoms with Crippen molar-refractivity contribution in [2.45, 2.75) is 13.0 Å². The molecule has 23 heavy (non-hydrogen) atoms. The van der Waals surface area contributed by atoms with Crippen LogP contribution < -0.4 is 5.32 Å². The Morgan fingerprint density at radius 1 is 0.957 bits per heavy atom. The highest BCUT2D eigenvalue weighted by Gasteiger charge is 2.10. The third-order valence-electron chi connectivity index (χ3n) is 3.85. The maximum atomic E-state index is 9.67. The van der Waals surface area contributed by atoms with E-state index in [1.165, 1.54) is 5.56 Å². The molecule has 3 heteroatoms. The van der Waals surface area contributed by atoms with Gasteiger partial charge in [-0.05, 0) is 24.1 Å². The van der Waals surface area contributed by atoms with E-state index in [0.29, 0.717) is 0 Å². The molecule has 3 rings (SSSR count). The number of hydrogen-bond acceptors (Lipinski definition) is 3. The van der Waals surface area contributed by atoms with E-state index < -0.39 is 0 Å². The van der Waals surface area contributed by atoms with Crippen molar-refractivity contribution in [1.29, 1.82) is 0 Å². The van der Waals surface area contributed by atoms with Crippen molar-refractivity contribution in [3.8, 4) is 11.1 Å². The maximum Gasteiger partial charge on any atom is 0.0745 e. The fourth-order valence-electron chi connectivity index (χ4n) is 2.54. The van der Waals surface area contributed by atoms with Gasteiger partial charge in [-0.25, -0.2) is 0 Å². The lowest BCUT2D eigenvalue weighted by molar-refractivity contribution is 0.276. The number of anilines is 1. The predicted octanol–water partition coefficient (Wildman–Crippen LogP) is 4.20. The average Bonchev–Trinajstić information content (AvgIpc) is 2.61. The van der Waals surface area contributed by atoms with Crippen LogP contribution in [0.1, 0.15) is 17.2 Å². The fourth-order valence-corrected chi connectivity index (χ4v) is 2.54. The number of hydrogen-bond donors (Lipinski definition) is 2. The van der Waals surface area contributed by atoms with E-state index in [1.54, 1.807) is 6.20 Å². The van der Waals surface area contributed by atoms with Crippen molar-refractivity contribution in [2.75, 3.05) is 11.9 Å². The Labute approximate surface area is 136 Å². The SMILES string of the molecule is Cc1ccc(-c2cncc(NC(CO)c3ccccc3)c2)cc1. The molecule has 0 aliphatic heterocycles. The highest BCUT2D eigenvalue weighted by molar-refractivity contribution is 5.67. The summed E-state index contributed by atoms with van der Waals surface area (Å²) >= 11 is 0. The van der Waals surface area contributed by atoms with Gasteiger partial charge in [0.1, 0.15) is 0 Å². The summed E-state index contributed by atoms with van der Waals surface area (Å²) in [4.78, 5) is 4.32. The molecule has 1 aromatic heterocycles. The quantitative estimate of drug-likeness (QED) is 0.742. The Bertz CT molecular complexity index is 754. The summed E-state index contributed by atoms with van der Waals surface area (Å²) in [6, 6.07) is 20.2. The van der Waals surface area contributed by atoms with Crippen molar-refractivity contribution < 1.29 is 5.11 Å². The van der Waals surface area contributed by atoms with Crippen LogP contribution in [-0.2, 0) is 0 Å². The highest BCUT2D eigenvalue weighted by Crippen LogP contribution is 2.24. The molecule has 1 atom stereocenters. The first-order valence-electron chi connectivity index (χ1n) is 7.70. The smallest absolute Gasteiger partial charge is 0.0745 e. The lowest BCUT2D eigenvalue weighted by Gasteiger charge is -2.18. The van der Waals surface area contributed by atoms with Gasteiger partial charge >= 0.3 is 0 Å². The van der Waals surface area contributed by atoms with Gasteiger partial charge in [0, 0.05) is 18.0 Å². The van der Waals surface area contributed by atoms with Gasteiger partial charge in [0.2, 0.25) is 0 Å². The van der Waals surface area contributed by atoms with Crippen LogP contribution in [0.25, 0.3) is 11.1 Å². The number of rotatable bonds is 5. The standard InChI is InChI=1S/C20H20N2O/c1-15-7-9-16(10-8-15)18-11-19(13-21-12-18)22-20(14-23)17-5-3-2-4-6-17/h2-13,20,22-23H,14H2,1H3. The molecule has 116 valence electrons. The zero-order valence-corrected chi connectivity index (χ0v) is 13.1. The molecule has 1 unspecified atom stereocenters. The molecular weight excluding hydrogens is 284 g/mol. The zero-order chi connectivity index (χ0) is 16.1. The first-order chi connectivity index (χ1) is 11.3. The molecule has 0 fully saturated rings. The van der Waals surface area contributed by atoms with Crippen LogP contribution >= 0.6 is 0 Å². The predicted molar refractivity (Wildman–Crippen MR) is 94.3 cm³/mol. The van der Waals surface area contributed by atoms with Crippen LogP contribution in [0.4, 0.5) is 5.69 Å². The Kier molecular flexibility index (Phi) is 4.69. The van der Waals surface area contributed by atoms with Gasteiger partial charge in [0.15, 0.2) is 0 Å². The minimum absolute atomic E-state index is 0.0266. The number of aryl methyl sites for hydroxylation is 1. The van der Waals surface area contributed by atoms with Crippen molar-refractivity contribution in [3.05, 3.63) is 84.2 Å². The molecule has 0 aliphatic carbocycles. The summed E-state index contributed by atoms with van der Waals surface area (Å²) in [5.41, 5.74) is 5.37. The molecule has 0 amide bonds. The zero-order valence-electron chi connectivity index (χ0n) is 13.1. The van der Waals surface area contributed by atoms with Gasteiger partial charge in [0.25, 0.3) is 0 Å². The number of benzene rings is 2. The largest absolute Gasteiger partial charge is 0.394 e. The molecule has 1 heterocycles. The second-order valence-corrected chi connectivity index (χ2v) is 5.62. The molecule has 2 N–H and O–H groups in total. The minimum Gasteiger partial charge on any atom is -0.394 e. The molecule has 3 aromatic rings. The normalized spacial score (nSPS) is 11.9. The summed E-state index contributed by atoms with van der Waals surface area (Å²) in [5.74, 6) is 0. The molecule has 0 aliphatic rings. The Hall–Kier alpha value is -2.65. The van der Waals surface area contributed by atoms with E-state index in [0.717, 1.165) is 22.4 Å². The summed E-state index contributed by atoms with van der Waals surface area (Å²) in [5, 5.41) is 13.0. The summed E-state index contributed by atoms with van der Waals surface area (Å²) in [7, 11) is 0.